The van der Waals surface area contributed by atoms with Crippen LogP contribution in [0.5, 0.6) is 0 Å². The molecule has 0 aromatic carbocycles. The zero-order valence-electron chi connectivity index (χ0n) is 9.88. The van der Waals surface area contributed by atoms with E-state index in [1.165, 1.54) is 0 Å². The molecule has 2 N–H and O–H groups in total. The molecule has 0 amide bonds. The van der Waals surface area contributed by atoms with Crippen LogP contribution in [0.2, 0.25) is 0 Å². The SMILES string of the molecule is Cc1oc(COCCC(C)C)cc1CN. The molecule has 0 atom stereocenters. The average molecular weight is 211 g/mol. The monoisotopic (exact) mass is 211 g/mol. The summed E-state index contributed by atoms with van der Waals surface area (Å²) < 4.78 is 11.0. The van der Waals surface area contributed by atoms with Gasteiger partial charge >= 0.3 is 0 Å². The van der Waals surface area contributed by atoms with Crippen molar-refractivity contribution >= 4 is 0 Å². The fraction of sp³-hybridized carbons (Fsp3) is 0.667. The highest BCUT2D eigenvalue weighted by Gasteiger charge is 2.05. The summed E-state index contributed by atoms with van der Waals surface area (Å²) in [6.07, 6.45) is 1.09. The van der Waals surface area contributed by atoms with Gasteiger partial charge in [0.05, 0.1) is 0 Å². The third-order valence-corrected chi connectivity index (χ3v) is 2.38. The Kier molecular flexibility index (Phi) is 4.85. The van der Waals surface area contributed by atoms with Gasteiger partial charge < -0.3 is 14.9 Å². The number of ether oxygens (including phenoxy) is 1. The largest absolute Gasteiger partial charge is 0.464 e. The molecule has 3 heteroatoms. The van der Waals surface area contributed by atoms with E-state index in [1.54, 1.807) is 0 Å². The van der Waals surface area contributed by atoms with E-state index >= 15 is 0 Å². The highest BCUT2D eigenvalue weighted by molar-refractivity contribution is 5.19. The Morgan fingerprint density at radius 2 is 2.20 bits per heavy atom. The molecule has 0 spiro atoms. The van der Waals surface area contributed by atoms with E-state index in [2.05, 4.69) is 13.8 Å². The lowest BCUT2D eigenvalue weighted by Gasteiger charge is -2.04. The molecule has 86 valence electrons. The van der Waals surface area contributed by atoms with Gasteiger partial charge in [-0.25, -0.2) is 0 Å². The van der Waals surface area contributed by atoms with Gasteiger partial charge in [-0.05, 0) is 25.3 Å². The van der Waals surface area contributed by atoms with Crippen LogP contribution in [-0.2, 0) is 17.9 Å². The topological polar surface area (TPSA) is 48.4 Å². The highest BCUT2D eigenvalue weighted by atomic mass is 16.5. The predicted octanol–water partition coefficient (Wildman–Crippen LogP) is 2.61. The highest BCUT2D eigenvalue weighted by Crippen LogP contribution is 2.14. The molecule has 0 aliphatic rings. The Morgan fingerprint density at radius 3 is 2.73 bits per heavy atom. The van der Waals surface area contributed by atoms with Crippen LogP contribution in [0.25, 0.3) is 0 Å². The third-order valence-electron chi connectivity index (χ3n) is 2.38. The van der Waals surface area contributed by atoms with E-state index in [1.807, 2.05) is 13.0 Å². The van der Waals surface area contributed by atoms with E-state index in [9.17, 15) is 0 Å². The minimum atomic E-state index is 0.529. The van der Waals surface area contributed by atoms with Gasteiger partial charge in [0, 0.05) is 18.7 Å². The maximum absolute atomic E-state index is 5.56. The normalized spacial score (nSPS) is 11.3. The van der Waals surface area contributed by atoms with Crippen molar-refractivity contribution in [3.8, 4) is 0 Å². The zero-order valence-corrected chi connectivity index (χ0v) is 9.88. The van der Waals surface area contributed by atoms with Crippen LogP contribution in [0.4, 0.5) is 0 Å². The lowest BCUT2D eigenvalue weighted by Crippen LogP contribution is -1.98. The molecule has 0 saturated heterocycles. The second-order valence-electron chi connectivity index (χ2n) is 4.23. The van der Waals surface area contributed by atoms with Crippen LogP contribution < -0.4 is 5.73 Å². The standard InChI is InChI=1S/C12H21NO2/c1-9(2)4-5-14-8-12-6-11(7-13)10(3)15-12/h6,9H,4-5,7-8,13H2,1-3H3. The molecule has 0 bridgehead atoms. The maximum atomic E-state index is 5.56. The van der Waals surface area contributed by atoms with Crippen molar-refractivity contribution < 1.29 is 9.15 Å². The van der Waals surface area contributed by atoms with Gasteiger partial charge in [-0.3, -0.25) is 0 Å². The lowest BCUT2D eigenvalue weighted by atomic mass is 10.1. The van der Waals surface area contributed by atoms with Gasteiger partial charge in [-0.2, -0.15) is 0 Å². The Balaban J connectivity index is 2.31. The van der Waals surface area contributed by atoms with Crippen molar-refractivity contribution in [3.63, 3.8) is 0 Å². The number of hydrogen-bond acceptors (Lipinski definition) is 3. The first-order valence-corrected chi connectivity index (χ1v) is 5.49. The third kappa shape index (κ3) is 4.06. The van der Waals surface area contributed by atoms with Crippen molar-refractivity contribution in [2.75, 3.05) is 6.61 Å². The van der Waals surface area contributed by atoms with Gasteiger partial charge in [0.2, 0.25) is 0 Å². The molecule has 0 fully saturated rings. The van der Waals surface area contributed by atoms with Gasteiger partial charge in [0.15, 0.2) is 0 Å². The molecule has 0 aliphatic heterocycles. The number of furan rings is 1. The van der Waals surface area contributed by atoms with Crippen molar-refractivity contribution in [1.82, 2.24) is 0 Å². The smallest absolute Gasteiger partial charge is 0.130 e. The van der Waals surface area contributed by atoms with Crippen LogP contribution in [0.15, 0.2) is 10.5 Å². The fourth-order valence-corrected chi connectivity index (χ4v) is 1.35. The molecule has 0 radical (unpaired) electrons. The molecule has 3 nitrogen and oxygen atoms in total. The van der Waals surface area contributed by atoms with Gasteiger partial charge in [0.1, 0.15) is 18.1 Å². The molecule has 0 unspecified atom stereocenters. The summed E-state index contributed by atoms with van der Waals surface area (Å²) in [5.41, 5.74) is 6.62. The summed E-state index contributed by atoms with van der Waals surface area (Å²) in [4.78, 5) is 0. The summed E-state index contributed by atoms with van der Waals surface area (Å²) in [6, 6.07) is 1.98. The molecule has 15 heavy (non-hydrogen) atoms. The molecular weight excluding hydrogens is 190 g/mol. The van der Waals surface area contributed by atoms with Crippen LogP contribution in [0, 0.1) is 12.8 Å². The van der Waals surface area contributed by atoms with Gasteiger partial charge in [-0.15, -0.1) is 0 Å². The first-order valence-electron chi connectivity index (χ1n) is 5.49. The second-order valence-corrected chi connectivity index (χ2v) is 4.23. The minimum Gasteiger partial charge on any atom is -0.464 e. The predicted molar refractivity (Wildman–Crippen MR) is 60.4 cm³/mol. The van der Waals surface area contributed by atoms with Gasteiger partial charge in [0.25, 0.3) is 0 Å². The van der Waals surface area contributed by atoms with E-state index in [0.717, 1.165) is 30.1 Å². The van der Waals surface area contributed by atoms with Crippen molar-refractivity contribution in [3.05, 3.63) is 23.2 Å². The summed E-state index contributed by atoms with van der Waals surface area (Å²) >= 11 is 0. The Bertz CT molecular complexity index is 292. The van der Waals surface area contributed by atoms with E-state index in [-0.39, 0.29) is 0 Å². The maximum Gasteiger partial charge on any atom is 0.130 e. The summed E-state index contributed by atoms with van der Waals surface area (Å²) in [5.74, 6) is 2.46. The number of rotatable bonds is 6. The van der Waals surface area contributed by atoms with Crippen molar-refractivity contribution in [2.45, 2.75) is 40.3 Å². The number of nitrogens with two attached hydrogens (primary N) is 1. The summed E-state index contributed by atoms with van der Waals surface area (Å²) in [5, 5.41) is 0. The van der Waals surface area contributed by atoms with Crippen LogP contribution in [-0.4, -0.2) is 6.61 Å². The van der Waals surface area contributed by atoms with Crippen LogP contribution in [0.3, 0.4) is 0 Å². The molecule has 1 rings (SSSR count). The summed E-state index contributed by atoms with van der Waals surface area (Å²) in [6.45, 7) is 8.17. The average Bonchev–Trinajstić information content (AvgIpc) is 2.53. The molecule has 1 heterocycles. The van der Waals surface area contributed by atoms with Crippen molar-refractivity contribution in [1.29, 1.82) is 0 Å². The van der Waals surface area contributed by atoms with Gasteiger partial charge in [-0.1, -0.05) is 13.8 Å². The Morgan fingerprint density at radius 1 is 1.47 bits per heavy atom. The zero-order chi connectivity index (χ0) is 11.3. The molecule has 1 aromatic rings. The fourth-order valence-electron chi connectivity index (χ4n) is 1.35. The molecule has 0 aliphatic carbocycles. The molecule has 1 aromatic heterocycles. The van der Waals surface area contributed by atoms with Crippen LogP contribution >= 0.6 is 0 Å². The minimum absolute atomic E-state index is 0.529. The van der Waals surface area contributed by atoms with E-state index in [0.29, 0.717) is 19.1 Å². The lowest BCUT2D eigenvalue weighted by molar-refractivity contribution is 0.0964. The van der Waals surface area contributed by atoms with E-state index in [4.69, 9.17) is 14.9 Å². The Labute approximate surface area is 91.6 Å². The quantitative estimate of drug-likeness (QED) is 0.736. The second kappa shape index (κ2) is 5.93. The number of aryl methyl sites for hydroxylation is 1. The van der Waals surface area contributed by atoms with E-state index < -0.39 is 0 Å². The Hall–Kier alpha value is -0.800. The molecule has 0 saturated carbocycles. The number of hydrogen-bond donors (Lipinski definition) is 1. The van der Waals surface area contributed by atoms with Crippen molar-refractivity contribution in [2.24, 2.45) is 11.7 Å². The first-order chi connectivity index (χ1) is 7.13. The molecular formula is C12H21NO2. The van der Waals surface area contributed by atoms with Crippen LogP contribution in [0.1, 0.15) is 37.4 Å². The first kappa shape index (κ1) is 12.3. The summed E-state index contributed by atoms with van der Waals surface area (Å²) in [7, 11) is 0.